The van der Waals surface area contributed by atoms with Crippen molar-refractivity contribution in [3.8, 4) is 0 Å². The van der Waals surface area contributed by atoms with Gasteiger partial charge in [-0.25, -0.2) is 4.68 Å². The zero-order valence-electron chi connectivity index (χ0n) is 16.9. The standard InChI is InChI=1S/C22H28N4O3/c1-17(29-16-18-7-3-2-4-8-18)22(28)25-10-5-9-19(15-25)26-21(27)13-20(14-23-26)24-11-6-12-24/h2-4,7-8,13-14,17,19H,5-6,9-12,15-16H2,1H3/t17-,19+/m0/s1. The number of ether oxygens (including phenoxy) is 1. The molecule has 2 atom stereocenters. The van der Waals surface area contributed by atoms with E-state index in [1.807, 2.05) is 30.3 Å². The summed E-state index contributed by atoms with van der Waals surface area (Å²) in [6.07, 6.45) is 4.11. The largest absolute Gasteiger partial charge is 0.370 e. The summed E-state index contributed by atoms with van der Waals surface area (Å²) in [6.45, 7) is 5.35. The van der Waals surface area contributed by atoms with E-state index < -0.39 is 6.10 Å². The van der Waals surface area contributed by atoms with Crippen LogP contribution in [0.15, 0.2) is 47.4 Å². The molecule has 2 saturated heterocycles. The van der Waals surface area contributed by atoms with Gasteiger partial charge in [-0.05, 0) is 31.7 Å². The Morgan fingerprint density at radius 2 is 2.00 bits per heavy atom. The van der Waals surface area contributed by atoms with Gasteiger partial charge in [-0.15, -0.1) is 0 Å². The van der Waals surface area contributed by atoms with Crippen LogP contribution in [-0.2, 0) is 16.1 Å². The molecule has 4 rings (SSSR count). The van der Waals surface area contributed by atoms with Crippen LogP contribution in [0, 0.1) is 0 Å². The summed E-state index contributed by atoms with van der Waals surface area (Å²) < 4.78 is 7.33. The van der Waals surface area contributed by atoms with E-state index in [0.29, 0.717) is 19.7 Å². The maximum absolute atomic E-state index is 12.9. The molecule has 0 unspecified atom stereocenters. The first-order chi connectivity index (χ1) is 14.1. The SMILES string of the molecule is C[C@H](OCc1ccccc1)C(=O)N1CCC[C@@H](n2ncc(N3CCC3)cc2=O)C1. The molecule has 0 radical (unpaired) electrons. The van der Waals surface area contributed by atoms with E-state index in [9.17, 15) is 9.59 Å². The molecule has 0 N–H and O–H groups in total. The maximum Gasteiger partial charge on any atom is 0.269 e. The lowest BCUT2D eigenvalue weighted by Gasteiger charge is -2.35. The first-order valence-corrected chi connectivity index (χ1v) is 10.4. The lowest BCUT2D eigenvalue weighted by atomic mass is 10.1. The maximum atomic E-state index is 12.9. The molecule has 3 heterocycles. The van der Waals surface area contributed by atoms with Crippen molar-refractivity contribution < 1.29 is 9.53 Å². The predicted octanol–water partition coefficient (Wildman–Crippen LogP) is 2.22. The zero-order chi connectivity index (χ0) is 20.2. The Kier molecular flexibility index (Phi) is 5.94. The van der Waals surface area contributed by atoms with Crippen molar-refractivity contribution >= 4 is 11.6 Å². The second-order valence-corrected chi connectivity index (χ2v) is 7.86. The zero-order valence-corrected chi connectivity index (χ0v) is 16.9. The molecule has 1 aromatic carbocycles. The summed E-state index contributed by atoms with van der Waals surface area (Å²) in [7, 11) is 0. The Labute approximate surface area is 170 Å². The third kappa shape index (κ3) is 4.50. The molecule has 7 heteroatoms. The highest BCUT2D eigenvalue weighted by molar-refractivity contribution is 5.80. The number of carbonyl (C=O) groups is 1. The number of likely N-dealkylation sites (tertiary alicyclic amines) is 1. The molecule has 29 heavy (non-hydrogen) atoms. The molecule has 2 aliphatic heterocycles. The second kappa shape index (κ2) is 8.78. The van der Waals surface area contributed by atoms with Gasteiger partial charge in [0.05, 0.1) is 24.5 Å². The number of piperidine rings is 1. The molecule has 2 aromatic rings. The van der Waals surface area contributed by atoms with Gasteiger partial charge in [0.2, 0.25) is 0 Å². The van der Waals surface area contributed by atoms with Crippen molar-refractivity contribution in [1.82, 2.24) is 14.7 Å². The first kappa shape index (κ1) is 19.6. The monoisotopic (exact) mass is 396 g/mol. The molecule has 0 saturated carbocycles. The minimum Gasteiger partial charge on any atom is -0.370 e. The van der Waals surface area contributed by atoms with E-state index in [0.717, 1.165) is 43.6 Å². The Morgan fingerprint density at radius 1 is 1.21 bits per heavy atom. The predicted molar refractivity (Wildman–Crippen MR) is 111 cm³/mol. The number of hydrogen-bond donors (Lipinski definition) is 0. The van der Waals surface area contributed by atoms with Crippen LogP contribution in [0.4, 0.5) is 5.69 Å². The lowest BCUT2D eigenvalue weighted by molar-refractivity contribution is -0.145. The highest BCUT2D eigenvalue weighted by atomic mass is 16.5. The van der Waals surface area contributed by atoms with Gasteiger partial charge in [-0.3, -0.25) is 9.59 Å². The Bertz CT molecular complexity index is 894. The van der Waals surface area contributed by atoms with Crippen LogP contribution in [0.3, 0.4) is 0 Å². The number of carbonyl (C=O) groups excluding carboxylic acids is 1. The Morgan fingerprint density at radius 3 is 2.69 bits per heavy atom. The summed E-state index contributed by atoms with van der Waals surface area (Å²) in [5, 5.41) is 4.41. The fourth-order valence-corrected chi connectivity index (χ4v) is 3.91. The van der Waals surface area contributed by atoms with Gasteiger partial charge in [-0.2, -0.15) is 5.10 Å². The average Bonchev–Trinajstić information content (AvgIpc) is 2.71. The number of anilines is 1. The molecule has 7 nitrogen and oxygen atoms in total. The lowest BCUT2D eigenvalue weighted by Crippen LogP contribution is -2.47. The fraction of sp³-hybridized carbons (Fsp3) is 0.500. The minimum absolute atomic E-state index is 0.0316. The molecule has 0 bridgehead atoms. The highest BCUT2D eigenvalue weighted by Crippen LogP contribution is 2.22. The third-order valence-electron chi connectivity index (χ3n) is 5.78. The van der Waals surface area contributed by atoms with E-state index in [2.05, 4.69) is 10.00 Å². The molecular weight excluding hydrogens is 368 g/mol. The minimum atomic E-state index is -0.521. The first-order valence-electron chi connectivity index (χ1n) is 10.4. The van der Waals surface area contributed by atoms with Crippen molar-refractivity contribution in [3.63, 3.8) is 0 Å². The third-order valence-corrected chi connectivity index (χ3v) is 5.78. The fourth-order valence-electron chi connectivity index (χ4n) is 3.91. The summed E-state index contributed by atoms with van der Waals surface area (Å²) in [5.74, 6) is -0.0316. The van der Waals surface area contributed by atoms with Crippen molar-refractivity contribution in [2.75, 3.05) is 31.1 Å². The molecule has 2 fully saturated rings. The quantitative estimate of drug-likeness (QED) is 0.749. The smallest absolute Gasteiger partial charge is 0.269 e. The van der Waals surface area contributed by atoms with Crippen LogP contribution in [-0.4, -0.2) is 52.9 Å². The number of hydrogen-bond acceptors (Lipinski definition) is 5. The van der Waals surface area contributed by atoms with Crippen molar-refractivity contribution in [1.29, 1.82) is 0 Å². The molecule has 2 aliphatic rings. The van der Waals surface area contributed by atoms with Gasteiger partial charge in [-0.1, -0.05) is 30.3 Å². The van der Waals surface area contributed by atoms with Crippen LogP contribution in [0.25, 0.3) is 0 Å². The topological polar surface area (TPSA) is 67.7 Å². The van der Waals surface area contributed by atoms with Gasteiger partial charge in [0, 0.05) is 32.2 Å². The van der Waals surface area contributed by atoms with Crippen molar-refractivity contribution in [2.45, 2.75) is 44.9 Å². The number of benzene rings is 1. The second-order valence-electron chi connectivity index (χ2n) is 7.86. The van der Waals surface area contributed by atoms with Crippen molar-refractivity contribution in [3.05, 3.63) is 58.5 Å². The highest BCUT2D eigenvalue weighted by Gasteiger charge is 2.29. The molecule has 1 amide bonds. The number of rotatable bonds is 6. The van der Waals surface area contributed by atoms with Gasteiger partial charge >= 0.3 is 0 Å². The van der Waals surface area contributed by atoms with E-state index in [4.69, 9.17) is 4.74 Å². The molecule has 1 aromatic heterocycles. The van der Waals surface area contributed by atoms with Gasteiger partial charge < -0.3 is 14.5 Å². The summed E-state index contributed by atoms with van der Waals surface area (Å²) in [4.78, 5) is 29.4. The molecular formula is C22H28N4O3. The number of amides is 1. The van der Waals surface area contributed by atoms with Crippen molar-refractivity contribution in [2.24, 2.45) is 0 Å². The summed E-state index contributed by atoms with van der Waals surface area (Å²) in [6, 6.07) is 11.4. The van der Waals surface area contributed by atoms with Crippen LogP contribution in [0.1, 0.15) is 37.8 Å². The summed E-state index contributed by atoms with van der Waals surface area (Å²) >= 11 is 0. The van der Waals surface area contributed by atoms with Crippen LogP contribution in [0.5, 0.6) is 0 Å². The van der Waals surface area contributed by atoms with Crippen LogP contribution < -0.4 is 10.5 Å². The number of nitrogens with zero attached hydrogens (tertiary/aromatic N) is 4. The summed E-state index contributed by atoms with van der Waals surface area (Å²) in [5.41, 5.74) is 1.84. The van der Waals surface area contributed by atoms with E-state index in [1.165, 1.54) is 4.68 Å². The number of aromatic nitrogens is 2. The molecule has 154 valence electrons. The van der Waals surface area contributed by atoms with Crippen LogP contribution in [0.2, 0.25) is 0 Å². The van der Waals surface area contributed by atoms with E-state index in [-0.39, 0.29) is 17.5 Å². The van der Waals surface area contributed by atoms with Gasteiger partial charge in [0.1, 0.15) is 6.10 Å². The van der Waals surface area contributed by atoms with Crippen LogP contribution >= 0.6 is 0 Å². The average molecular weight is 396 g/mol. The normalized spacial score (nSPS) is 20.2. The molecule has 0 aliphatic carbocycles. The Hall–Kier alpha value is -2.67. The van der Waals surface area contributed by atoms with E-state index >= 15 is 0 Å². The molecule has 0 spiro atoms. The Balaban J connectivity index is 1.37. The van der Waals surface area contributed by atoms with Gasteiger partial charge in [0.15, 0.2) is 0 Å². The van der Waals surface area contributed by atoms with E-state index in [1.54, 1.807) is 24.1 Å². The van der Waals surface area contributed by atoms with Gasteiger partial charge in [0.25, 0.3) is 11.5 Å².